The highest BCUT2D eigenvalue weighted by molar-refractivity contribution is 6.14. The summed E-state index contributed by atoms with van der Waals surface area (Å²) in [4.78, 5) is 0. The monoisotopic (exact) mass is 612 g/mol. The van der Waals surface area contributed by atoms with E-state index < -0.39 is 0 Å². The van der Waals surface area contributed by atoms with Crippen molar-refractivity contribution < 1.29 is 0 Å². The van der Waals surface area contributed by atoms with Crippen LogP contribution in [0.1, 0.15) is 0 Å². The van der Waals surface area contributed by atoms with E-state index in [1.165, 1.54) is 66.6 Å². The molecule has 0 aliphatic rings. The van der Waals surface area contributed by atoms with Crippen LogP contribution in [0, 0.1) is 0 Å². The number of rotatable bonds is 6. The van der Waals surface area contributed by atoms with Crippen LogP contribution in [-0.4, -0.2) is 9.13 Å². The third-order valence-electron chi connectivity index (χ3n) is 9.34. The fraction of sp³-hybridized carbons (Fsp3) is 0. The molecule has 9 rings (SSSR count). The van der Waals surface area contributed by atoms with Crippen molar-refractivity contribution in [2.24, 2.45) is 0 Å². The molecule has 0 bridgehead atoms. The number of hydrogen-bond acceptors (Lipinski definition) is 0. The zero-order valence-electron chi connectivity index (χ0n) is 26.4. The lowest BCUT2D eigenvalue weighted by molar-refractivity contribution is 1.12. The third kappa shape index (κ3) is 4.58. The number of aromatic nitrogens is 2. The van der Waals surface area contributed by atoms with Crippen molar-refractivity contribution in [3.8, 4) is 56.1 Å². The maximum atomic E-state index is 2.47. The first kappa shape index (κ1) is 27.9. The summed E-state index contributed by atoms with van der Waals surface area (Å²) in [6, 6.07) is 69.8. The molecule has 0 aliphatic carbocycles. The standard InChI is InChI=1S/C46H32N2/c1-5-17-33(18-6-1)34-29-31-38(32-30-34)47-42-28-16-14-26-40(42)44(45(47)36-21-9-3-10-22-36)46-43(35-19-7-2-8-20-35)39-25-13-15-27-41(39)48(46)37-23-11-4-12-24-37/h1-32H. The Morgan fingerprint density at radius 1 is 0.250 bits per heavy atom. The summed E-state index contributed by atoms with van der Waals surface area (Å²) in [5.41, 5.74) is 14.2. The lowest BCUT2D eigenvalue weighted by Gasteiger charge is -2.17. The molecule has 2 aromatic heterocycles. The molecule has 9 aromatic rings. The minimum atomic E-state index is 1.12. The molecule has 0 aliphatic heterocycles. The van der Waals surface area contributed by atoms with Crippen molar-refractivity contribution in [3.63, 3.8) is 0 Å². The van der Waals surface area contributed by atoms with E-state index in [9.17, 15) is 0 Å². The lowest BCUT2D eigenvalue weighted by atomic mass is 9.95. The average molecular weight is 613 g/mol. The second-order valence-corrected chi connectivity index (χ2v) is 12.1. The van der Waals surface area contributed by atoms with Crippen LogP contribution >= 0.6 is 0 Å². The van der Waals surface area contributed by atoms with Crippen LogP contribution < -0.4 is 0 Å². The molecule has 0 saturated carbocycles. The molecule has 2 heterocycles. The van der Waals surface area contributed by atoms with Gasteiger partial charge in [-0.1, -0.05) is 158 Å². The maximum Gasteiger partial charge on any atom is 0.0647 e. The van der Waals surface area contributed by atoms with Gasteiger partial charge in [0.1, 0.15) is 0 Å². The molecule has 0 atom stereocenters. The van der Waals surface area contributed by atoms with Gasteiger partial charge in [-0.2, -0.15) is 0 Å². The van der Waals surface area contributed by atoms with Crippen molar-refractivity contribution in [2.45, 2.75) is 0 Å². The topological polar surface area (TPSA) is 9.86 Å². The number of para-hydroxylation sites is 3. The Morgan fingerprint density at radius 2 is 0.646 bits per heavy atom. The van der Waals surface area contributed by atoms with Crippen molar-refractivity contribution >= 4 is 21.8 Å². The van der Waals surface area contributed by atoms with E-state index in [1.54, 1.807) is 0 Å². The van der Waals surface area contributed by atoms with Gasteiger partial charge < -0.3 is 9.13 Å². The minimum Gasteiger partial charge on any atom is -0.309 e. The predicted octanol–water partition coefficient (Wildman–Crippen LogP) is 12.2. The zero-order valence-corrected chi connectivity index (χ0v) is 26.4. The van der Waals surface area contributed by atoms with E-state index in [4.69, 9.17) is 0 Å². The fourth-order valence-electron chi connectivity index (χ4n) is 7.27. The molecule has 0 N–H and O–H groups in total. The molecular formula is C46H32N2. The molecule has 0 radical (unpaired) electrons. The van der Waals surface area contributed by atoms with Crippen LogP contribution in [-0.2, 0) is 0 Å². The summed E-state index contributed by atoms with van der Waals surface area (Å²) in [5.74, 6) is 0. The SMILES string of the molecule is c1ccc(-c2ccc(-n3c(-c4ccccc4)c(-c4c(-c5ccccc5)c5ccccc5n4-c4ccccc4)c4ccccc43)cc2)cc1. The smallest absolute Gasteiger partial charge is 0.0647 e. The summed E-state index contributed by atoms with van der Waals surface area (Å²) in [6.07, 6.45) is 0. The first-order chi connectivity index (χ1) is 23.9. The second kappa shape index (κ2) is 11.8. The van der Waals surface area contributed by atoms with Gasteiger partial charge in [-0.3, -0.25) is 0 Å². The third-order valence-corrected chi connectivity index (χ3v) is 9.34. The normalized spacial score (nSPS) is 11.3. The molecule has 48 heavy (non-hydrogen) atoms. The highest BCUT2D eigenvalue weighted by Gasteiger charge is 2.28. The van der Waals surface area contributed by atoms with Gasteiger partial charge >= 0.3 is 0 Å². The molecule has 0 saturated heterocycles. The van der Waals surface area contributed by atoms with E-state index >= 15 is 0 Å². The van der Waals surface area contributed by atoms with Crippen LogP contribution in [0.25, 0.3) is 77.9 Å². The average Bonchev–Trinajstić information content (AvgIpc) is 3.69. The first-order valence-electron chi connectivity index (χ1n) is 16.5. The lowest BCUT2D eigenvalue weighted by Crippen LogP contribution is -2.01. The predicted molar refractivity (Wildman–Crippen MR) is 202 cm³/mol. The molecule has 2 nitrogen and oxygen atoms in total. The van der Waals surface area contributed by atoms with E-state index in [2.05, 4.69) is 203 Å². The van der Waals surface area contributed by atoms with E-state index in [0.29, 0.717) is 0 Å². The summed E-state index contributed by atoms with van der Waals surface area (Å²) in [6.45, 7) is 0. The Hall–Kier alpha value is -6.38. The Labute approximate surface area is 280 Å². The summed E-state index contributed by atoms with van der Waals surface area (Å²) >= 11 is 0. The Morgan fingerprint density at radius 3 is 1.23 bits per heavy atom. The molecule has 2 heteroatoms. The van der Waals surface area contributed by atoms with Crippen molar-refractivity contribution in [1.29, 1.82) is 0 Å². The molecule has 226 valence electrons. The Bertz CT molecular complexity index is 2430. The van der Waals surface area contributed by atoms with Gasteiger partial charge in [-0.15, -0.1) is 0 Å². The minimum absolute atomic E-state index is 1.12. The molecule has 0 fully saturated rings. The summed E-state index contributed by atoms with van der Waals surface area (Å²) in [7, 11) is 0. The zero-order chi connectivity index (χ0) is 31.9. The van der Waals surface area contributed by atoms with Crippen LogP contribution in [0.5, 0.6) is 0 Å². The van der Waals surface area contributed by atoms with Crippen molar-refractivity contribution in [1.82, 2.24) is 9.13 Å². The fourth-order valence-corrected chi connectivity index (χ4v) is 7.27. The highest BCUT2D eigenvalue weighted by atomic mass is 15.0. The number of benzene rings is 7. The highest BCUT2D eigenvalue weighted by Crippen LogP contribution is 2.50. The van der Waals surface area contributed by atoms with Gasteiger partial charge in [0.25, 0.3) is 0 Å². The summed E-state index contributed by atoms with van der Waals surface area (Å²) in [5, 5.41) is 2.44. The maximum absolute atomic E-state index is 2.47. The number of hydrogen-bond donors (Lipinski definition) is 0. The quantitative estimate of drug-likeness (QED) is 0.177. The Kier molecular flexibility index (Phi) is 6.84. The van der Waals surface area contributed by atoms with Gasteiger partial charge in [-0.05, 0) is 58.7 Å². The number of fused-ring (bicyclic) bond motifs is 2. The van der Waals surface area contributed by atoms with Crippen LogP contribution in [0.4, 0.5) is 0 Å². The second-order valence-electron chi connectivity index (χ2n) is 12.1. The summed E-state index contributed by atoms with van der Waals surface area (Å²) < 4.78 is 4.92. The van der Waals surface area contributed by atoms with E-state index in [-0.39, 0.29) is 0 Å². The van der Waals surface area contributed by atoms with Gasteiger partial charge in [0.2, 0.25) is 0 Å². The van der Waals surface area contributed by atoms with Gasteiger partial charge in [0.05, 0.1) is 22.4 Å². The molecular weight excluding hydrogens is 581 g/mol. The Balaban J connectivity index is 1.44. The molecule has 7 aromatic carbocycles. The molecule has 0 unspecified atom stereocenters. The van der Waals surface area contributed by atoms with Crippen LogP contribution in [0.3, 0.4) is 0 Å². The van der Waals surface area contributed by atoms with Crippen LogP contribution in [0.2, 0.25) is 0 Å². The van der Waals surface area contributed by atoms with Gasteiger partial charge in [0, 0.05) is 33.3 Å². The van der Waals surface area contributed by atoms with Crippen LogP contribution in [0.15, 0.2) is 194 Å². The van der Waals surface area contributed by atoms with E-state index in [1.807, 2.05) is 0 Å². The first-order valence-corrected chi connectivity index (χ1v) is 16.5. The van der Waals surface area contributed by atoms with Crippen molar-refractivity contribution in [2.75, 3.05) is 0 Å². The largest absolute Gasteiger partial charge is 0.309 e. The number of nitrogens with zero attached hydrogens (tertiary/aromatic N) is 2. The van der Waals surface area contributed by atoms with E-state index in [0.717, 1.165) is 11.4 Å². The van der Waals surface area contributed by atoms with Gasteiger partial charge in [0.15, 0.2) is 0 Å². The molecule has 0 amide bonds. The van der Waals surface area contributed by atoms with Gasteiger partial charge in [-0.25, -0.2) is 0 Å². The van der Waals surface area contributed by atoms with Crippen molar-refractivity contribution in [3.05, 3.63) is 194 Å². The molecule has 0 spiro atoms.